The number of thioether (sulfide) groups is 1. The summed E-state index contributed by atoms with van der Waals surface area (Å²) in [5.41, 5.74) is 0.430. The molecular formula is C12H23N3S. The Morgan fingerprint density at radius 3 is 2.69 bits per heavy atom. The molecule has 0 aromatic carbocycles. The molecule has 4 heteroatoms. The second-order valence-electron chi connectivity index (χ2n) is 5.23. The maximum atomic E-state index is 4.27. The minimum Gasteiger partial charge on any atom is -0.329 e. The summed E-state index contributed by atoms with van der Waals surface area (Å²) >= 11 is 1.80. The van der Waals surface area contributed by atoms with Crippen LogP contribution in [0.15, 0.2) is 17.6 Å². The highest BCUT2D eigenvalue weighted by atomic mass is 32.2. The molecule has 0 atom stereocenters. The van der Waals surface area contributed by atoms with Gasteiger partial charge in [0.05, 0.1) is 0 Å². The summed E-state index contributed by atoms with van der Waals surface area (Å²) in [7, 11) is 2.03. The fourth-order valence-electron chi connectivity index (χ4n) is 1.29. The lowest BCUT2D eigenvalue weighted by Gasteiger charge is -2.17. The molecule has 0 unspecified atom stereocenters. The van der Waals surface area contributed by atoms with Crippen LogP contribution in [0.4, 0.5) is 0 Å². The maximum absolute atomic E-state index is 4.27. The molecule has 0 aliphatic carbocycles. The van der Waals surface area contributed by atoms with Crippen molar-refractivity contribution in [1.82, 2.24) is 14.9 Å². The number of aryl methyl sites for hydroxylation is 1. The first-order chi connectivity index (χ1) is 7.49. The average molecular weight is 241 g/mol. The van der Waals surface area contributed by atoms with Gasteiger partial charge in [-0.25, -0.2) is 4.98 Å². The van der Waals surface area contributed by atoms with Crippen molar-refractivity contribution in [3.8, 4) is 0 Å². The van der Waals surface area contributed by atoms with E-state index >= 15 is 0 Å². The molecule has 0 aliphatic rings. The van der Waals surface area contributed by atoms with Crippen molar-refractivity contribution in [2.75, 3.05) is 18.8 Å². The van der Waals surface area contributed by atoms with E-state index in [0.29, 0.717) is 5.41 Å². The van der Waals surface area contributed by atoms with Crippen molar-refractivity contribution in [2.45, 2.75) is 32.3 Å². The number of nitrogens with one attached hydrogen (secondary N) is 1. The highest BCUT2D eigenvalue weighted by Gasteiger charge is 2.08. The van der Waals surface area contributed by atoms with E-state index in [1.165, 1.54) is 6.42 Å². The molecule has 0 bridgehead atoms. The third-order valence-electron chi connectivity index (χ3n) is 2.34. The van der Waals surface area contributed by atoms with E-state index in [2.05, 4.69) is 35.6 Å². The molecule has 1 heterocycles. The summed E-state index contributed by atoms with van der Waals surface area (Å²) in [6.45, 7) is 8.98. The number of imidazole rings is 1. The Balaban J connectivity index is 2.03. The van der Waals surface area contributed by atoms with Crippen molar-refractivity contribution in [2.24, 2.45) is 12.5 Å². The predicted molar refractivity (Wildman–Crippen MR) is 70.9 cm³/mol. The van der Waals surface area contributed by atoms with E-state index < -0.39 is 0 Å². The summed E-state index contributed by atoms with van der Waals surface area (Å²) in [4.78, 5) is 4.27. The zero-order valence-electron chi connectivity index (χ0n) is 10.8. The molecule has 0 saturated heterocycles. The van der Waals surface area contributed by atoms with E-state index in [1.807, 2.05) is 19.4 Å². The van der Waals surface area contributed by atoms with Gasteiger partial charge < -0.3 is 9.88 Å². The molecule has 92 valence electrons. The molecular weight excluding hydrogens is 218 g/mol. The van der Waals surface area contributed by atoms with E-state index in [1.54, 1.807) is 11.8 Å². The van der Waals surface area contributed by atoms with Gasteiger partial charge in [-0.15, -0.1) is 0 Å². The number of aromatic nitrogens is 2. The first kappa shape index (κ1) is 13.6. The smallest absolute Gasteiger partial charge is 0.167 e. The molecule has 0 radical (unpaired) electrons. The van der Waals surface area contributed by atoms with Crippen LogP contribution >= 0.6 is 11.8 Å². The lowest BCUT2D eigenvalue weighted by atomic mass is 9.92. The Morgan fingerprint density at radius 2 is 2.12 bits per heavy atom. The van der Waals surface area contributed by atoms with Gasteiger partial charge in [-0.1, -0.05) is 32.5 Å². The van der Waals surface area contributed by atoms with Crippen LogP contribution in [0.1, 0.15) is 27.2 Å². The fourth-order valence-corrected chi connectivity index (χ4v) is 2.12. The van der Waals surface area contributed by atoms with Crippen molar-refractivity contribution < 1.29 is 0 Å². The molecule has 0 aliphatic heterocycles. The number of nitrogens with zero attached hydrogens (tertiary/aromatic N) is 2. The molecule has 3 nitrogen and oxygen atoms in total. The van der Waals surface area contributed by atoms with E-state index in [9.17, 15) is 0 Å². The fraction of sp³-hybridized carbons (Fsp3) is 0.750. The van der Waals surface area contributed by atoms with Gasteiger partial charge in [-0.2, -0.15) is 0 Å². The van der Waals surface area contributed by atoms with Gasteiger partial charge in [0.15, 0.2) is 5.16 Å². The van der Waals surface area contributed by atoms with Gasteiger partial charge >= 0.3 is 0 Å². The van der Waals surface area contributed by atoms with Crippen LogP contribution < -0.4 is 5.32 Å². The minimum absolute atomic E-state index is 0.430. The van der Waals surface area contributed by atoms with E-state index in [-0.39, 0.29) is 0 Å². The number of hydrogen-bond acceptors (Lipinski definition) is 3. The zero-order chi connectivity index (χ0) is 12.0. The van der Waals surface area contributed by atoms with E-state index in [4.69, 9.17) is 0 Å². The minimum atomic E-state index is 0.430. The zero-order valence-corrected chi connectivity index (χ0v) is 11.6. The lowest BCUT2D eigenvalue weighted by Crippen LogP contribution is -2.22. The standard InChI is InChI=1S/C12H23N3S/c1-12(2,3)5-6-13-8-10-16-11-14-7-9-15(11)4/h7,9,13H,5-6,8,10H2,1-4H3. The van der Waals surface area contributed by atoms with Gasteiger partial charge in [0.2, 0.25) is 0 Å². The summed E-state index contributed by atoms with van der Waals surface area (Å²) in [5.74, 6) is 1.08. The Morgan fingerprint density at radius 1 is 1.38 bits per heavy atom. The Labute approximate surface area is 103 Å². The Hall–Kier alpha value is -0.480. The third-order valence-corrected chi connectivity index (χ3v) is 3.40. The van der Waals surface area contributed by atoms with Gasteiger partial charge in [-0.05, 0) is 18.4 Å². The van der Waals surface area contributed by atoms with Crippen LogP contribution in [-0.4, -0.2) is 28.4 Å². The number of rotatable bonds is 6. The van der Waals surface area contributed by atoms with Crippen LogP contribution in [0.2, 0.25) is 0 Å². The normalized spacial score (nSPS) is 12.0. The lowest BCUT2D eigenvalue weighted by molar-refractivity contribution is 0.369. The van der Waals surface area contributed by atoms with Gasteiger partial charge in [0.1, 0.15) is 0 Å². The largest absolute Gasteiger partial charge is 0.329 e. The van der Waals surface area contributed by atoms with Crippen LogP contribution in [0.3, 0.4) is 0 Å². The molecule has 1 N–H and O–H groups in total. The van der Waals surface area contributed by atoms with Crippen molar-refractivity contribution in [3.63, 3.8) is 0 Å². The molecule has 1 aromatic rings. The van der Waals surface area contributed by atoms with Crippen molar-refractivity contribution >= 4 is 11.8 Å². The molecule has 0 fully saturated rings. The van der Waals surface area contributed by atoms with Gasteiger partial charge in [-0.3, -0.25) is 0 Å². The first-order valence-corrected chi connectivity index (χ1v) is 6.78. The van der Waals surface area contributed by atoms with Crippen LogP contribution in [0.25, 0.3) is 0 Å². The second-order valence-corrected chi connectivity index (χ2v) is 6.29. The quantitative estimate of drug-likeness (QED) is 0.613. The number of hydrogen-bond donors (Lipinski definition) is 1. The highest BCUT2D eigenvalue weighted by molar-refractivity contribution is 7.99. The molecule has 16 heavy (non-hydrogen) atoms. The van der Waals surface area contributed by atoms with Gasteiger partial charge in [0.25, 0.3) is 0 Å². The molecule has 0 spiro atoms. The predicted octanol–water partition coefficient (Wildman–Crippen LogP) is 2.54. The molecule has 1 rings (SSSR count). The second kappa shape index (κ2) is 6.30. The topological polar surface area (TPSA) is 29.9 Å². The SMILES string of the molecule is Cn1ccnc1SCCNCCC(C)(C)C. The van der Waals surface area contributed by atoms with Gasteiger partial charge in [0, 0.05) is 31.7 Å². The molecule has 0 amide bonds. The van der Waals surface area contributed by atoms with E-state index in [0.717, 1.165) is 24.0 Å². The van der Waals surface area contributed by atoms with Crippen LogP contribution in [0.5, 0.6) is 0 Å². The Bertz CT molecular complexity index is 301. The molecule has 0 saturated carbocycles. The first-order valence-electron chi connectivity index (χ1n) is 5.80. The summed E-state index contributed by atoms with van der Waals surface area (Å²) in [6, 6.07) is 0. The summed E-state index contributed by atoms with van der Waals surface area (Å²) in [5, 5.41) is 4.56. The average Bonchev–Trinajstić information content (AvgIpc) is 2.56. The third kappa shape index (κ3) is 5.56. The monoisotopic (exact) mass is 241 g/mol. The maximum Gasteiger partial charge on any atom is 0.167 e. The summed E-state index contributed by atoms with van der Waals surface area (Å²) in [6.07, 6.45) is 5.05. The van der Waals surface area contributed by atoms with Crippen molar-refractivity contribution in [1.29, 1.82) is 0 Å². The summed E-state index contributed by atoms with van der Waals surface area (Å²) < 4.78 is 2.06. The highest BCUT2D eigenvalue weighted by Crippen LogP contribution is 2.17. The van der Waals surface area contributed by atoms with Crippen molar-refractivity contribution in [3.05, 3.63) is 12.4 Å². The molecule has 1 aromatic heterocycles. The Kier molecular flexibility index (Phi) is 5.35. The van der Waals surface area contributed by atoms with Crippen LogP contribution in [-0.2, 0) is 7.05 Å². The van der Waals surface area contributed by atoms with Crippen LogP contribution in [0, 0.1) is 5.41 Å².